The first kappa shape index (κ1) is 18.6. The van der Waals surface area contributed by atoms with Gasteiger partial charge in [-0.1, -0.05) is 12.1 Å². The Morgan fingerprint density at radius 2 is 1.54 bits per heavy atom. The average Bonchev–Trinajstić information content (AvgIpc) is 2.73. The van der Waals surface area contributed by atoms with Crippen LogP contribution in [0.3, 0.4) is 0 Å². The highest BCUT2D eigenvalue weighted by atomic mass is 32.2. The van der Waals surface area contributed by atoms with Gasteiger partial charge in [-0.15, -0.1) is 9.66 Å². The molecule has 0 amide bonds. The summed E-state index contributed by atoms with van der Waals surface area (Å²) in [7, 11) is -6.52. The largest absolute Gasteiger partial charge is 0.271 e. The van der Waals surface area contributed by atoms with Crippen LogP contribution in [0.25, 0.3) is 0 Å². The molecule has 10 heteroatoms. The standard InChI is InChI=1S/C14H20N4O4S2/c1-9-6-7-10(2)13(8-9)23(19,20)16-17-24(21,22)14-11(3)15-18(5)12(14)4/h6-8,16-17H,1-5H3. The summed E-state index contributed by atoms with van der Waals surface area (Å²) in [6.07, 6.45) is 0. The van der Waals surface area contributed by atoms with Crippen molar-refractivity contribution in [1.82, 2.24) is 19.4 Å². The third-order valence-electron chi connectivity index (χ3n) is 3.65. The SMILES string of the molecule is Cc1ccc(C)c(S(=O)(=O)NNS(=O)(=O)c2c(C)nn(C)c2C)c1. The number of hydrogen-bond donors (Lipinski definition) is 2. The van der Waals surface area contributed by atoms with E-state index in [4.69, 9.17) is 0 Å². The molecule has 132 valence electrons. The van der Waals surface area contributed by atoms with Gasteiger partial charge in [-0.3, -0.25) is 4.68 Å². The van der Waals surface area contributed by atoms with Gasteiger partial charge in [0.15, 0.2) is 0 Å². The van der Waals surface area contributed by atoms with Gasteiger partial charge in [-0.25, -0.2) is 16.8 Å². The number of aryl methyl sites for hydroxylation is 4. The second-order valence-corrected chi connectivity index (χ2v) is 8.87. The lowest BCUT2D eigenvalue weighted by Crippen LogP contribution is -2.42. The van der Waals surface area contributed by atoms with E-state index in [9.17, 15) is 16.8 Å². The maximum absolute atomic E-state index is 12.4. The Morgan fingerprint density at radius 1 is 0.958 bits per heavy atom. The van der Waals surface area contributed by atoms with E-state index in [2.05, 4.69) is 5.10 Å². The van der Waals surface area contributed by atoms with Crippen molar-refractivity contribution in [3.8, 4) is 0 Å². The summed E-state index contributed by atoms with van der Waals surface area (Å²) < 4.78 is 51.1. The quantitative estimate of drug-likeness (QED) is 0.755. The number of aromatic nitrogens is 2. The van der Waals surface area contributed by atoms with E-state index in [0.717, 1.165) is 5.56 Å². The maximum Gasteiger partial charge on any atom is 0.257 e. The van der Waals surface area contributed by atoms with Gasteiger partial charge in [0.2, 0.25) is 0 Å². The number of hydrogen-bond acceptors (Lipinski definition) is 5. The van der Waals surface area contributed by atoms with Crippen LogP contribution in [0.4, 0.5) is 0 Å². The molecule has 0 spiro atoms. The molecule has 2 aromatic rings. The Morgan fingerprint density at radius 3 is 2.08 bits per heavy atom. The smallest absolute Gasteiger partial charge is 0.257 e. The molecule has 0 unspecified atom stereocenters. The Balaban J connectivity index is 2.34. The van der Waals surface area contributed by atoms with Gasteiger partial charge in [0.1, 0.15) is 4.90 Å². The van der Waals surface area contributed by atoms with Gasteiger partial charge < -0.3 is 0 Å². The molecule has 24 heavy (non-hydrogen) atoms. The Kier molecular flexibility index (Phi) is 4.86. The van der Waals surface area contributed by atoms with Crippen LogP contribution in [0.1, 0.15) is 22.5 Å². The molecule has 0 aliphatic heterocycles. The highest BCUT2D eigenvalue weighted by molar-refractivity contribution is 7.92. The second-order valence-electron chi connectivity index (χ2n) is 5.60. The van der Waals surface area contributed by atoms with E-state index in [-0.39, 0.29) is 15.5 Å². The van der Waals surface area contributed by atoms with Crippen LogP contribution < -0.4 is 9.66 Å². The van der Waals surface area contributed by atoms with Crippen LogP contribution in [0, 0.1) is 27.7 Å². The zero-order chi connectivity index (χ0) is 18.3. The van der Waals surface area contributed by atoms with Crippen LogP contribution >= 0.6 is 0 Å². The minimum atomic E-state index is -4.09. The molecular weight excluding hydrogens is 352 g/mol. The fraction of sp³-hybridized carbons (Fsp3) is 0.357. The Bertz CT molecular complexity index is 992. The zero-order valence-corrected chi connectivity index (χ0v) is 15.7. The van der Waals surface area contributed by atoms with Gasteiger partial charge >= 0.3 is 0 Å². The molecule has 0 fully saturated rings. The van der Waals surface area contributed by atoms with E-state index in [1.165, 1.54) is 10.7 Å². The molecule has 0 radical (unpaired) electrons. The van der Waals surface area contributed by atoms with E-state index < -0.39 is 20.0 Å². The minimum absolute atomic E-state index is 0.0184. The first-order chi connectivity index (χ1) is 11.0. The minimum Gasteiger partial charge on any atom is -0.271 e. The van der Waals surface area contributed by atoms with Crippen LogP contribution in [-0.2, 0) is 27.1 Å². The van der Waals surface area contributed by atoms with Crippen LogP contribution in [-0.4, -0.2) is 26.6 Å². The van der Waals surface area contributed by atoms with Gasteiger partial charge in [-0.05, 0) is 44.9 Å². The molecule has 0 aliphatic carbocycles. The topological polar surface area (TPSA) is 110 Å². The number of benzene rings is 1. The predicted molar refractivity (Wildman–Crippen MR) is 89.2 cm³/mol. The number of sulfonamides is 2. The molecule has 8 nitrogen and oxygen atoms in total. The highest BCUT2D eigenvalue weighted by Gasteiger charge is 2.26. The van der Waals surface area contributed by atoms with Gasteiger partial charge in [-0.2, -0.15) is 5.10 Å². The number of nitrogens with one attached hydrogen (secondary N) is 2. The lowest BCUT2D eigenvalue weighted by atomic mass is 10.2. The van der Waals surface area contributed by atoms with E-state index in [0.29, 0.717) is 11.3 Å². The Labute approximate surface area is 142 Å². The van der Waals surface area contributed by atoms with E-state index in [1.807, 2.05) is 9.66 Å². The second kappa shape index (κ2) is 6.28. The highest BCUT2D eigenvalue weighted by Crippen LogP contribution is 2.19. The molecule has 0 saturated carbocycles. The van der Waals surface area contributed by atoms with E-state index in [1.54, 1.807) is 46.9 Å². The summed E-state index contributed by atoms with van der Waals surface area (Å²) in [6.45, 7) is 6.53. The van der Waals surface area contributed by atoms with Crippen LogP contribution in [0.15, 0.2) is 28.0 Å². The molecule has 2 N–H and O–H groups in total. The molecule has 1 heterocycles. The molecule has 0 atom stereocenters. The molecular formula is C14H20N4O4S2. The number of rotatable bonds is 5. The van der Waals surface area contributed by atoms with Crippen LogP contribution in [0.5, 0.6) is 0 Å². The monoisotopic (exact) mass is 372 g/mol. The molecule has 1 aromatic heterocycles. The number of nitrogens with zero attached hydrogens (tertiary/aromatic N) is 2. The molecule has 0 saturated heterocycles. The normalized spacial score (nSPS) is 12.5. The van der Waals surface area contributed by atoms with Crippen molar-refractivity contribution in [3.63, 3.8) is 0 Å². The molecule has 1 aromatic carbocycles. The molecule has 2 rings (SSSR count). The fourth-order valence-corrected chi connectivity index (χ4v) is 5.23. The summed E-state index contributed by atoms with van der Waals surface area (Å²) in [6, 6.07) is 4.92. The van der Waals surface area contributed by atoms with Crippen molar-refractivity contribution in [3.05, 3.63) is 40.7 Å². The van der Waals surface area contributed by atoms with Gasteiger partial charge in [0.05, 0.1) is 16.3 Å². The first-order valence-electron chi connectivity index (χ1n) is 7.07. The fourth-order valence-electron chi connectivity index (χ4n) is 2.36. The van der Waals surface area contributed by atoms with Crippen molar-refractivity contribution in [1.29, 1.82) is 0 Å². The summed E-state index contributed by atoms with van der Waals surface area (Å²) in [5.41, 5.74) is 1.96. The van der Waals surface area contributed by atoms with Gasteiger partial charge in [0.25, 0.3) is 20.0 Å². The van der Waals surface area contributed by atoms with E-state index >= 15 is 0 Å². The van der Waals surface area contributed by atoms with Crippen molar-refractivity contribution < 1.29 is 16.8 Å². The average molecular weight is 372 g/mol. The third kappa shape index (κ3) is 3.51. The Hall–Kier alpha value is -1.75. The summed E-state index contributed by atoms with van der Waals surface area (Å²) in [5.74, 6) is 0. The maximum atomic E-state index is 12.4. The van der Waals surface area contributed by atoms with Crippen LogP contribution in [0.2, 0.25) is 0 Å². The summed E-state index contributed by atoms with van der Waals surface area (Å²) in [4.78, 5) is 3.85. The van der Waals surface area contributed by atoms with Crippen molar-refractivity contribution >= 4 is 20.0 Å². The van der Waals surface area contributed by atoms with Crippen molar-refractivity contribution in [2.45, 2.75) is 37.5 Å². The molecule has 0 aliphatic rings. The lowest BCUT2D eigenvalue weighted by Gasteiger charge is -2.12. The zero-order valence-electron chi connectivity index (χ0n) is 14.1. The summed E-state index contributed by atoms with van der Waals surface area (Å²) in [5, 5.41) is 4.03. The third-order valence-corrected chi connectivity index (χ3v) is 6.67. The summed E-state index contributed by atoms with van der Waals surface area (Å²) >= 11 is 0. The van der Waals surface area contributed by atoms with Crippen molar-refractivity contribution in [2.75, 3.05) is 0 Å². The van der Waals surface area contributed by atoms with Gasteiger partial charge in [0, 0.05) is 7.05 Å². The first-order valence-corrected chi connectivity index (χ1v) is 10.0. The molecule has 0 bridgehead atoms. The lowest BCUT2D eigenvalue weighted by molar-refractivity contribution is 0.556. The number of hydrazine groups is 1. The van der Waals surface area contributed by atoms with Crippen molar-refractivity contribution in [2.24, 2.45) is 7.05 Å². The predicted octanol–water partition coefficient (Wildman–Crippen LogP) is 0.826.